The summed E-state index contributed by atoms with van der Waals surface area (Å²) in [7, 11) is 0. The number of hydrogen-bond acceptors (Lipinski definition) is 3. The average molecular weight is 295 g/mol. The number of rotatable bonds is 3. The molecule has 1 aromatic heterocycles. The first kappa shape index (κ1) is 14.7. The van der Waals surface area contributed by atoms with Gasteiger partial charge in [0.05, 0.1) is 18.0 Å². The van der Waals surface area contributed by atoms with Crippen LogP contribution in [0.4, 0.5) is 4.39 Å². The Kier molecular flexibility index (Phi) is 4.17. The zero-order valence-corrected chi connectivity index (χ0v) is 12.4. The standard InChI is InChI=1S/C18H18FN3/c19-16-6-7-17(21-12-16)18(14-20)8-10-22(11-9-18)13-15-4-2-1-3-5-15/h1-7,12H,8-11,13H2. The van der Waals surface area contributed by atoms with Crippen LogP contribution in [0.5, 0.6) is 0 Å². The SMILES string of the molecule is N#CC1(c2ccc(F)cn2)CCN(Cc2ccccc2)CC1. The molecule has 0 aliphatic carbocycles. The molecule has 0 bridgehead atoms. The number of piperidine rings is 1. The summed E-state index contributed by atoms with van der Waals surface area (Å²) in [5, 5.41) is 9.64. The molecular weight excluding hydrogens is 277 g/mol. The molecule has 2 heterocycles. The number of aromatic nitrogens is 1. The van der Waals surface area contributed by atoms with Crippen molar-refractivity contribution in [1.82, 2.24) is 9.88 Å². The van der Waals surface area contributed by atoms with Gasteiger partial charge in [-0.25, -0.2) is 4.39 Å². The highest BCUT2D eigenvalue weighted by Gasteiger charge is 2.37. The highest BCUT2D eigenvalue weighted by Crippen LogP contribution is 2.34. The van der Waals surface area contributed by atoms with Crippen LogP contribution in [0.25, 0.3) is 0 Å². The molecule has 0 atom stereocenters. The van der Waals surface area contributed by atoms with Crippen molar-refractivity contribution in [3.63, 3.8) is 0 Å². The Hall–Kier alpha value is -2.25. The van der Waals surface area contributed by atoms with Crippen molar-refractivity contribution in [2.45, 2.75) is 24.8 Å². The van der Waals surface area contributed by atoms with Gasteiger partial charge in [-0.3, -0.25) is 9.88 Å². The molecule has 3 nitrogen and oxygen atoms in total. The molecule has 1 saturated heterocycles. The molecule has 1 fully saturated rings. The van der Waals surface area contributed by atoms with Crippen LogP contribution in [0.3, 0.4) is 0 Å². The molecule has 1 aliphatic heterocycles. The van der Waals surface area contributed by atoms with Gasteiger partial charge in [-0.05, 0) is 30.5 Å². The average Bonchev–Trinajstić information content (AvgIpc) is 2.57. The highest BCUT2D eigenvalue weighted by atomic mass is 19.1. The van der Waals surface area contributed by atoms with E-state index in [2.05, 4.69) is 28.1 Å². The first-order valence-corrected chi connectivity index (χ1v) is 7.51. The molecule has 0 spiro atoms. The van der Waals surface area contributed by atoms with Gasteiger partial charge in [0.25, 0.3) is 0 Å². The fourth-order valence-electron chi connectivity index (χ4n) is 3.02. The second-order valence-corrected chi connectivity index (χ2v) is 5.82. The van der Waals surface area contributed by atoms with Crippen LogP contribution in [-0.2, 0) is 12.0 Å². The Labute approximate surface area is 130 Å². The third kappa shape index (κ3) is 3.00. The lowest BCUT2D eigenvalue weighted by atomic mass is 9.76. The molecule has 0 saturated carbocycles. The van der Waals surface area contributed by atoms with Gasteiger partial charge in [0.1, 0.15) is 11.2 Å². The number of hydrogen-bond donors (Lipinski definition) is 0. The summed E-state index contributed by atoms with van der Waals surface area (Å²) in [4.78, 5) is 6.49. The monoisotopic (exact) mass is 295 g/mol. The molecule has 3 rings (SSSR count). The molecule has 1 aliphatic rings. The van der Waals surface area contributed by atoms with Crippen LogP contribution in [0, 0.1) is 17.1 Å². The molecule has 2 aromatic rings. The second kappa shape index (κ2) is 6.25. The predicted molar refractivity (Wildman–Crippen MR) is 82.4 cm³/mol. The first-order valence-electron chi connectivity index (χ1n) is 7.51. The predicted octanol–water partition coefficient (Wildman–Crippen LogP) is 3.28. The Morgan fingerprint density at radius 2 is 1.86 bits per heavy atom. The van der Waals surface area contributed by atoms with E-state index in [0.29, 0.717) is 5.69 Å². The lowest BCUT2D eigenvalue weighted by Crippen LogP contribution is -2.42. The van der Waals surface area contributed by atoms with E-state index < -0.39 is 5.41 Å². The summed E-state index contributed by atoms with van der Waals surface area (Å²) in [6.07, 6.45) is 2.66. The minimum Gasteiger partial charge on any atom is -0.299 e. The van der Waals surface area contributed by atoms with E-state index in [-0.39, 0.29) is 5.82 Å². The normalized spacial score (nSPS) is 17.8. The Morgan fingerprint density at radius 1 is 1.14 bits per heavy atom. The van der Waals surface area contributed by atoms with E-state index in [9.17, 15) is 9.65 Å². The molecule has 0 amide bonds. The van der Waals surface area contributed by atoms with E-state index >= 15 is 0 Å². The molecular formula is C18H18FN3. The van der Waals surface area contributed by atoms with Crippen molar-refractivity contribution in [1.29, 1.82) is 5.26 Å². The maximum atomic E-state index is 13.0. The summed E-state index contributed by atoms with van der Waals surface area (Å²) in [5.74, 6) is -0.363. The summed E-state index contributed by atoms with van der Waals surface area (Å²) < 4.78 is 13.0. The van der Waals surface area contributed by atoms with Crippen molar-refractivity contribution in [3.8, 4) is 6.07 Å². The smallest absolute Gasteiger partial charge is 0.141 e. The van der Waals surface area contributed by atoms with Crippen molar-refractivity contribution in [2.24, 2.45) is 0 Å². The van der Waals surface area contributed by atoms with E-state index in [1.807, 2.05) is 18.2 Å². The molecule has 0 unspecified atom stereocenters. The highest BCUT2D eigenvalue weighted by molar-refractivity contribution is 5.27. The lowest BCUT2D eigenvalue weighted by molar-refractivity contribution is 0.177. The maximum Gasteiger partial charge on any atom is 0.141 e. The van der Waals surface area contributed by atoms with Crippen molar-refractivity contribution >= 4 is 0 Å². The second-order valence-electron chi connectivity index (χ2n) is 5.82. The number of likely N-dealkylation sites (tertiary alicyclic amines) is 1. The van der Waals surface area contributed by atoms with Gasteiger partial charge in [-0.2, -0.15) is 5.26 Å². The fraction of sp³-hybridized carbons (Fsp3) is 0.333. The van der Waals surface area contributed by atoms with Crippen molar-refractivity contribution in [2.75, 3.05) is 13.1 Å². The minimum absolute atomic E-state index is 0.363. The van der Waals surface area contributed by atoms with Crippen molar-refractivity contribution < 1.29 is 4.39 Å². The van der Waals surface area contributed by atoms with E-state index in [1.165, 1.54) is 17.8 Å². The van der Waals surface area contributed by atoms with Crippen LogP contribution >= 0.6 is 0 Å². The van der Waals surface area contributed by atoms with Crippen LogP contribution in [0.15, 0.2) is 48.7 Å². The molecule has 112 valence electrons. The summed E-state index contributed by atoms with van der Waals surface area (Å²) in [5.41, 5.74) is 1.39. The van der Waals surface area contributed by atoms with Gasteiger partial charge in [0.15, 0.2) is 0 Å². The zero-order valence-electron chi connectivity index (χ0n) is 12.4. The lowest BCUT2D eigenvalue weighted by Gasteiger charge is -2.36. The van der Waals surface area contributed by atoms with Gasteiger partial charge >= 0.3 is 0 Å². The van der Waals surface area contributed by atoms with Gasteiger partial charge < -0.3 is 0 Å². The van der Waals surface area contributed by atoms with E-state index in [0.717, 1.165) is 32.5 Å². The largest absolute Gasteiger partial charge is 0.299 e. The Balaban J connectivity index is 1.69. The summed E-state index contributed by atoms with van der Waals surface area (Å²) in [6, 6.07) is 15.8. The third-order valence-electron chi connectivity index (χ3n) is 4.39. The number of benzene rings is 1. The summed E-state index contributed by atoms with van der Waals surface area (Å²) in [6.45, 7) is 2.60. The number of pyridine rings is 1. The third-order valence-corrected chi connectivity index (χ3v) is 4.39. The van der Waals surface area contributed by atoms with Crippen LogP contribution in [-0.4, -0.2) is 23.0 Å². The number of nitrogens with zero attached hydrogens (tertiary/aromatic N) is 3. The van der Waals surface area contributed by atoms with Gasteiger partial charge in [-0.1, -0.05) is 30.3 Å². The van der Waals surface area contributed by atoms with Crippen LogP contribution in [0.1, 0.15) is 24.1 Å². The molecule has 1 aromatic carbocycles. The van der Waals surface area contributed by atoms with Crippen molar-refractivity contribution in [3.05, 3.63) is 65.7 Å². The first-order chi connectivity index (χ1) is 10.7. The zero-order chi connectivity index (χ0) is 15.4. The topological polar surface area (TPSA) is 39.9 Å². The molecule has 4 heteroatoms. The van der Waals surface area contributed by atoms with Gasteiger partial charge in [0, 0.05) is 19.6 Å². The van der Waals surface area contributed by atoms with Gasteiger partial charge in [-0.15, -0.1) is 0 Å². The molecule has 0 N–H and O–H groups in total. The Bertz CT molecular complexity index is 653. The Morgan fingerprint density at radius 3 is 2.45 bits per heavy atom. The molecule has 22 heavy (non-hydrogen) atoms. The number of nitriles is 1. The van der Waals surface area contributed by atoms with E-state index in [4.69, 9.17) is 0 Å². The quantitative estimate of drug-likeness (QED) is 0.872. The fourth-order valence-corrected chi connectivity index (χ4v) is 3.02. The number of halogens is 1. The maximum absolute atomic E-state index is 13.0. The molecule has 0 radical (unpaired) electrons. The van der Waals surface area contributed by atoms with E-state index in [1.54, 1.807) is 6.07 Å². The van der Waals surface area contributed by atoms with Gasteiger partial charge in [0.2, 0.25) is 0 Å². The van der Waals surface area contributed by atoms with Crippen LogP contribution < -0.4 is 0 Å². The van der Waals surface area contributed by atoms with Crippen LogP contribution in [0.2, 0.25) is 0 Å². The summed E-state index contributed by atoms with van der Waals surface area (Å²) >= 11 is 0. The minimum atomic E-state index is -0.582.